The standard InChI is InChI=1S/C9H5FN4S/c10-7-1-2-8(6(3-7)4-11)15-9-12-5-13-14-9/h1-3,5H,(H,12,13,14). The molecule has 4 nitrogen and oxygen atoms in total. The van der Waals surface area contributed by atoms with Crippen molar-refractivity contribution in [1.82, 2.24) is 15.2 Å². The monoisotopic (exact) mass is 220 g/mol. The smallest absolute Gasteiger partial charge is 0.188 e. The highest BCUT2D eigenvalue weighted by molar-refractivity contribution is 7.99. The topological polar surface area (TPSA) is 65.4 Å². The van der Waals surface area contributed by atoms with Crippen molar-refractivity contribution in [2.45, 2.75) is 10.1 Å². The van der Waals surface area contributed by atoms with E-state index in [1.54, 1.807) is 6.07 Å². The van der Waals surface area contributed by atoms with Crippen molar-refractivity contribution in [3.63, 3.8) is 0 Å². The third-order valence-corrected chi connectivity index (χ3v) is 2.63. The predicted octanol–water partition coefficient (Wildman–Crippen LogP) is 1.97. The molecule has 74 valence electrons. The Morgan fingerprint density at radius 1 is 1.47 bits per heavy atom. The Kier molecular flexibility index (Phi) is 2.65. The molecule has 6 heteroatoms. The van der Waals surface area contributed by atoms with E-state index in [0.717, 1.165) is 0 Å². The van der Waals surface area contributed by atoms with Gasteiger partial charge in [-0.2, -0.15) is 10.4 Å². The Hall–Kier alpha value is -1.87. The number of hydrogen-bond acceptors (Lipinski definition) is 4. The molecule has 0 fully saturated rings. The number of nitrogens with zero attached hydrogens (tertiary/aromatic N) is 3. The molecular weight excluding hydrogens is 215 g/mol. The molecular formula is C9H5FN4S. The van der Waals surface area contributed by atoms with Gasteiger partial charge in [-0.1, -0.05) is 0 Å². The van der Waals surface area contributed by atoms with Gasteiger partial charge in [0.15, 0.2) is 5.16 Å². The van der Waals surface area contributed by atoms with E-state index in [1.807, 2.05) is 6.07 Å². The van der Waals surface area contributed by atoms with Crippen LogP contribution in [0.25, 0.3) is 0 Å². The predicted molar refractivity (Wildman–Crippen MR) is 51.6 cm³/mol. The van der Waals surface area contributed by atoms with E-state index in [9.17, 15) is 4.39 Å². The van der Waals surface area contributed by atoms with Crippen LogP contribution >= 0.6 is 11.8 Å². The van der Waals surface area contributed by atoms with Crippen molar-refractivity contribution in [1.29, 1.82) is 5.26 Å². The number of rotatable bonds is 2. The SMILES string of the molecule is N#Cc1cc(F)ccc1Sc1ncn[nH]1. The molecule has 1 aromatic carbocycles. The van der Waals surface area contributed by atoms with Crippen LogP contribution in [-0.4, -0.2) is 15.2 Å². The summed E-state index contributed by atoms with van der Waals surface area (Å²) in [5, 5.41) is 15.7. The minimum atomic E-state index is -0.423. The van der Waals surface area contributed by atoms with Crippen molar-refractivity contribution in [3.8, 4) is 6.07 Å². The second-order valence-corrected chi connectivity index (χ2v) is 3.68. The first-order chi connectivity index (χ1) is 7.29. The molecule has 2 rings (SSSR count). The van der Waals surface area contributed by atoms with E-state index < -0.39 is 5.82 Å². The Morgan fingerprint density at radius 2 is 2.33 bits per heavy atom. The summed E-state index contributed by atoms with van der Waals surface area (Å²) in [5.74, 6) is -0.423. The van der Waals surface area contributed by atoms with Crippen LogP contribution in [0.15, 0.2) is 34.6 Å². The number of halogens is 1. The minimum Gasteiger partial charge on any atom is -0.254 e. The van der Waals surface area contributed by atoms with E-state index in [1.165, 1.54) is 30.2 Å². The number of H-pyrrole nitrogens is 1. The normalized spacial score (nSPS) is 9.87. The summed E-state index contributed by atoms with van der Waals surface area (Å²) in [4.78, 5) is 4.55. The molecule has 0 aliphatic rings. The Balaban J connectivity index is 2.33. The van der Waals surface area contributed by atoms with Crippen LogP contribution in [0, 0.1) is 17.1 Å². The zero-order chi connectivity index (χ0) is 10.7. The van der Waals surface area contributed by atoms with Crippen molar-refractivity contribution in [2.75, 3.05) is 0 Å². The molecule has 0 atom stereocenters. The third kappa shape index (κ3) is 2.14. The van der Waals surface area contributed by atoms with Crippen LogP contribution in [0.5, 0.6) is 0 Å². The number of aromatic nitrogens is 3. The largest absolute Gasteiger partial charge is 0.254 e. The van der Waals surface area contributed by atoms with Gasteiger partial charge in [0.1, 0.15) is 18.2 Å². The fraction of sp³-hybridized carbons (Fsp3) is 0. The van der Waals surface area contributed by atoms with Crippen LogP contribution < -0.4 is 0 Å². The number of aromatic amines is 1. The quantitative estimate of drug-likeness (QED) is 0.840. The van der Waals surface area contributed by atoms with Gasteiger partial charge in [-0.15, -0.1) is 0 Å². The molecule has 0 radical (unpaired) electrons. The summed E-state index contributed by atoms with van der Waals surface area (Å²) >= 11 is 1.24. The fourth-order valence-corrected chi connectivity index (χ4v) is 1.78. The van der Waals surface area contributed by atoms with E-state index in [2.05, 4.69) is 15.2 Å². The second kappa shape index (κ2) is 4.11. The summed E-state index contributed by atoms with van der Waals surface area (Å²) in [6.07, 6.45) is 1.37. The maximum Gasteiger partial charge on any atom is 0.188 e. The number of nitriles is 1. The lowest BCUT2D eigenvalue weighted by atomic mass is 10.2. The molecule has 1 aromatic heterocycles. The molecule has 0 spiro atoms. The van der Waals surface area contributed by atoms with Gasteiger partial charge in [-0.3, -0.25) is 5.10 Å². The third-order valence-electron chi connectivity index (χ3n) is 1.66. The van der Waals surface area contributed by atoms with Crippen LogP contribution in [-0.2, 0) is 0 Å². The fourth-order valence-electron chi connectivity index (χ4n) is 1.03. The highest BCUT2D eigenvalue weighted by Crippen LogP contribution is 2.27. The first kappa shape index (κ1) is 9.68. The first-order valence-corrected chi connectivity index (χ1v) is 4.84. The molecule has 0 unspecified atom stereocenters. The highest BCUT2D eigenvalue weighted by Gasteiger charge is 2.06. The van der Waals surface area contributed by atoms with Crippen LogP contribution in [0.1, 0.15) is 5.56 Å². The van der Waals surface area contributed by atoms with Crippen LogP contribution in [0.2, 0.25) is 0 Å². The van der Waals surface area contributed by atoms with Gasteiger partial charge in [0.25, 0.3) is 0 Å². The van der Waals surface area contributed by atoms with Gasteiger partial charge in [-0.25, -0.2) is 9.37 Å². The lowest BCUT2D eigenvalue weighted by Gasteiger charge is -1.99. The maximum atomic E-state index is 12.8. The zero-order valence-electron chi connectivity index (χ0n) is 7.44. The number of nitrogens with one attached hydrogen (secondary N) is 1. The van der Waals surface area contributed by atoms with E-state index in [4.69, 9.17) is 5.26 Å². The molecule has 0 aliphatic heterocycles. The van der Waals surface area contributed by atoms with E-state index in [-0.39, 0.29) is 5.56 Å². The van der Waals surface area contributed by atoms with Crippen molar-refractivity contribution < 1.29 is 4.39 Å². The molecule has 15 heavy (non-hydrogen) atoms. The van der Waals surface area contributed by atoms with Gasteiger partial charge in [-0.05, 0) is 30.0 Å². The molecule has 1 heterocycles. The zero-order valence-corrected chi connectivity index (χ0v) is 8.25. The van der Waals surface area contributed by atoms with Gasteiger partial charge in [0.2, 0.25) is 0 Å². The highest BCUT2D eigenvalue weighted by atomic mass is 32.2. The van der Waals surface area contributed by atoms with Gasteiger partial charge in [0, 0.05) is 4.90 Å². The van der Waals surface area contributed by atoms with Crippen molar-refractivity contribution >= 4 is 11.8 Å². The number of benzene rings is 1. The van der Waals surface area contributed by atoms with Crippen LogP contribution in [0.4, 0.5) is 4.39 Å². The van der Waals surface area contributed by atoms with E-state index in [0.29, 0.717) is 10.1 Å². The average Bonchev–Trinajstić information content (AvgIpc) is 2.73. The molecule has 1 N–H and O–H groups in total. The Labute approximate surface area is 89.2 Å². The molecule has 0 aliphatic carbocycles. The lowest BCUT2D eigenvalue weighted by molar-refractivity contribution is 0.626. The molecule has 0 bridgehead atoms. The summed E-state index contributed by atoms with van der Waals surface area (Å²) in [7, 11) is 0. The Morgan fingerprint density at radius 3 is 3.00 bits per heavy atom. The van der Waals surface area contributed by atoms with Crippen molar-refractivity contribution in [3.05, 3.63) is 35.9 Å². The van der Waals surface area contributed by atoms with Crippen molar-refractivity contribution in [2.24, 2.45) is 0 Å². The minimum absolute atomic E-state index is 0.288. The molecule has 0 saturated heterocycles. The molecule has 0 amide bonds. The summed E-state index contributed by atoms with van der Waals surface area (Å²) in [6.45, 7) is 0. The van der Waals surface area contributed by atoms with E-state index >= 15 is 0 Å². The maximum absolute atomic E-state index is 12.8. The van der Waals surface area contributed by atoms with Gasteiger partial charge >= 0.3 is 0 Å². The second-order valence-electron chi connectivity index (χ2n) is 2.64. The van der Waals surface area contributed by atoms with Gasteiger partial charge in [0.05, 0.1) is 5.56 Å². The Bertz CT molecular complexity index is 503. The van der Waals surface area contributed by atoms with Crippen LogP contribution in [0.3, 0.4) is 0 Å². The summed E-state index contributed by atoms with van der Waals surface area (Å²) in [5.41, 5.74) is 0.288. The summed E-state index contributed by atoms with van der Waals surface area (Å²) in [6, 6.07) is 5.97. The first-order valence-electron chi connectivity index (χ1n) is 4.02. The lowest BCUT2D eigenvalue weighted by Crippen LogP contribution is -1.84. The average molecular weight is 220 g/mol. The number of hydrogen-bond donors (Lipinski definition) is 1. The molecule has 0 saturated carbocycles. The van der Waals surface area contributed by atoms with Gasteiger partial charge < -0.3 is 0 Å². The summed E-state index contributed by atoms with van der Waals surface area (Å²) < 4.78 is 12.8. The molecule has 2 aromatic rings.